The molecule has 0 aliphatic heterocycles. The van der Waals surface area contributed by atoms with Gasteiger partial charge in [0.2, 0.25) is 0 Å². The van der Waals surface area contributed by atoms with Gasteiger partial charge in [-0.05, 0) is 24.7 Å². The number of rotatable bonds is 4. The van der Waals surface area contributed by atoms with Gasteiger partial charge in [-0.3, -0.25) is 4.79 Å². The molecule has 0 heterocycles. The Balaban J connectivity index is 4.30. The fraction of sp³-hybridized carbons (Fsp3) is 0.818. The van der Waals surface area contributed by atoms with Gasteiger partial charge in [-0.15, -0.1) is 0 Å². The van der Waals surface area contributed by atoms with Crippen molar-refractivity contribution in [3.05, 3.63) is 0 Å². The van der Waals surface area contributed by atoms with Crippen LogP contribution in [0.3, 0.4) is 0 Å². The monoisotopic (exact) mass is 184 g/mol. The quantitative estimate of drug-likeness (QED) is 0.497. The number of hydrogen-bond acceptors (Lipinski definition) is 2. The molecule has 0 saturated carbocycles. The van der Waals surface area contributed by atoms with E-state index < -0.39 is 5.92 Å². The summed E-state index contributed by atoms with van der Waals surface area (Å²) in [4.78, 5) is 21.7. The van der Waals surface area contributed by atoms with E-state index in [1.807, 2.05) is 6.92 Å². The van der Waals surface area contributed by atoms with Crippen molar-refractivity contribution in [2.75, 3.05) is 0 Å². The van der Waals surface area contributed by atoms with Gasteiger partial charge in [0.05, 0.1) is 5.92 Å². The molecule has 0 aromatic rings. The highest BCUT2D eigenvalue weighted by Crippen LogP contribution is 2.28. The van der Waals surface area contributed by atoms with E-state index >= 15 is 0 Å². The summed E-state index contributed by atoms with van der Waals surface area (Å²) in [5.74, 6) is -0.291. The van der Waals surface area contributed by atoms with Gasteiger partial charge in [0, 0.05) is 0 Å². The summed E-state index contributed by atoms with van der Waals surface area (Å²) >= 11 is 0. The summed E-state index contributed by atoms with van der Waals surface area (Å²) in [5, 5.41) is 0. The van der Waals surface area contributed by atoms with Crippen LogP contribution in [-0.2, 0) is 9.59 Å². The lowest BCUT2D eigenvalue weighted by Crippen LogP contribution is -2.25. The minimum absolute atomic E-state index is 0.0215. The van der Waals surface area contributed by atoms with E-state index in [1.54, 1.807) is 0 Å². The van der Waals surface area contributed by atoms with Crippen molar-refractivity contribution in [1.29, 1.82) is 0 Å². The molecule has 0 saturated heterocycles. The van der Waals surface area contributed by atoms with Crippen LogP contribution in [0, 0.1) is 17.3 Å². The molecule has 0 aromatic carbocycles. The first-order valence-electron chi connectivity index (χ1n) is 4.73. The van der Waals surface area contributed by atoms with Gasteiger partial charge in [-0.2, -0.15) is 0 Å². The topological polar surface area (TPSA) is 34.1 Å². The molecule has 0 radical (unpaired) electrons. The summed E-state index contributed by atoms with van der Waals surface area (Å²) in [7, 11) is 0. The maximum absolute atomic E-state index is 11.1. The molecule has 0 N–H and O–H groups in total. The van der Waals surface area contributed by atoms with E-state index in [0.717, 1.165) is 12.7 Å². The summed E-state index contributed by atoms with van der Waals surface area (Å²) < 4.78 is 0. The Labute approximate surface area is 80.7 Å². The maximum Gasteiger partial charge on any atom is 0.140 e. The maximum atomic E-state index is 11.1. The first-order valence-corrected chi connectivity index (χ1v) is 4.73. The van der Waals surface area contributed by atoms with Gasteiger partial charge in [0.15, 0.2) is 0 Å². The number of Topliss-reactive ketones (excluding diaryl/α,β-unsaturated/α-hetero) is 1. The van der Waals surface area contributed by atoms with Crippen molar-refractivity contribution in [2.24, 2.45) is 17.3 Å². The Kier molecular flexibility index (Phi) is 4.31. The average Bonchev–Trinajstić information content (AvgIpc) is 1.82. The van der Waals surface area contributed by atoms with Gasteiger partial charge in [0.25, 0.3) is 0 Å². The van der Waals surface area contributed by atoms with Crippen LogP contribution in [0.4, 0.5) is 0 Å². The highest BCUT2D eigenvalue weighted by atomic mass is 16.1. The van der Waals surface area contributed by atoms with Gasteiger partial charge in [0.1, 0.15) is 12.1 Å². The second kappa shape index (κ2) is 4.54. The van der Waals surface area contributed by atoms with Crippen LogP contribution in [-0.4, -0.2) is 12.1 Å². The molecule has 13 heavy (non-hydrogen) atoms. The van der Waals surface area contributed by atoms with Crippen molar-refractivity contribution in [3.8, 4) is 0 Å². The number of carbonyl (C=O) groups excluding carboxylic acids is 2. The third-order valence-corrected chi connectivity index (χ3v) is 2.16. The standard InChI is InChI=1S/C11H20O2/c1-8(6-11(3,4)5)10(7-12)9(2)13/h7-8,10H,6H2,1-5H3. The minimum atomic E-state index is -0.417. The second-order valence-electron chi connectivity index (χ2n) is 5.01. The van der Waals surface area contributed by atoms with Crippen molar-refractivity contribution in [3.63, 3.8) is 0 Å². The van der Waals surface area contributed by atoms with Gasteiger partial charge >= 0.3 is 0 Å². The third-order valence-electron chi connectivity index (χ3n) is 2.16. The number of carbonyl (C=O) groups is 2. The van der Waals surface area contributed by atoms with E-state index in [4.69, 9.17) is 0 Å². The molecule has 0 aliphatic carbocycles. The second-order valence-corrected chi connectivity index (χ2v) is 5.01. The third kappa shape index (κ3) is 4.81. The van der Waals surface area contributed by atoms with Gasteiger partial charge < -0.3 is 4.79 Å². The van der Waals surface area contributed by atoms with Crippen molar-refractivity contribution < 1.29 is 9.59 Å². The summed E-state index contributed by atoms with van der Waals surface area (Å²) in [6.07, 6.45) is 1.68. The predicted molar refractivity (Wildman–Crippen MR) is 53.5 cm³/mol. The lowest BCUT2D eigenvalue weighted by molar-refractivity contribution is -0.127. The Morgan fingerprint density at radius 2 is 1.85 bits per heavy atom. The zero-order valence-electron chi connectivity index (χ0n) is 9.26. The molecule has 76 valence electrons. The average molecular weight is 184 g/mol. The highest BCUT2D eigenvalue weighted by Gasteiger charge is 2.25. The Hall–Kier alpha value is -0.660. The fourth-order valence-electron chi connectivity index (χ4n) is 1.72. The Morgan fingerprint density at radius 3 is 2.08 bits per heavy atom. The molecular weight excluding hydrogens is 164 g/mol. The van der Waals surface area contributed by atoms with Crippen LogP contribution >= 0.6 is 0 Å². The lowest BCUT2D eigenvalue weighted by Gasteiger charge is -2.25. The SMILES string of the molecule is CC(=O)C(C=O)C(C)CC(C)(C)C. The van der Waals surface area contributed by atoms with Crippen LogP contribution in [0.1, 0.15) is 41.0 Å². The molecule has 2 nitrogen and oxygen atoms in total. The molecular formula is C11H20O2. The molecule has 0 amide bonds. The zero-order chi connectivity index (χ0) is 10.6. The molecule has 2 unspecified atom stereocenters. The molecule has 2 heteroatoms. The number of aldehydes is 1. The van der Waals surface area contributed by atoms with Crippen LogP contribution < -0.4 is 0 Å². The predicted octanol–water partition coefficient (Wildman–Crippen LogP) is 2.46. The Morgan fingerprint density at radius 1 is 1.38 bits per heavy atom. The van der Waals surface area contributed by atoms with Gasteiger partial charge in [-0.1, -0.05) is 27.7 Å². The summed E-state index contributed by atoms with van der Waals surface area (Å²) in [5.41, 5.74) is 0.177. The minimum Gasteiger partial charge on any atom is -0.303 e. The van der Waals surface area contributed by atoms with E-state index in [9.17, 15) is 9.59 Å². The first-order chi connectivity index (χ1) is 5.78. The van der Waals surface area contributed by atoms with Crippen LogP contribution in [0.5, 0.6) is 0 Å². The van der Waals surface area contributed by atoms with E-state index in [2.05, 4.69) is 20.8 Å². The van der Waals surface area contributed by atoms with Gasteiger partial charge in [-0.25, -0.2) is 0 Å². The molecule has 0 spiro atoms. The molecule has 0 fully saturated rings. The summed E-state index contributed by atoms with van der Waals surface area (Å²) in [6, 6.07) is 0. The number of ketones is 1. The smallest absolute Gasteiger partial charge is 0.140 e. The highest BCUT2D eigenvalue weighted by molar-refractivity contribution is 5.91. The van der Waals surface area contributed by atoms with Crippen molar-refractivity contribution in [1.82, 2.24) is 0 Å². The van der Waals surface area contributed by atoms with Crippen LogP contribution in [0.25, 0.3) is 0 Å². The molecule has 0 bridgehead atoms. The molecule has 0 aromatic heterocycles. The zero-order valence-corrected chi connectivity index (χ0v) is 9.26. The van der Waals surface area contributed by atoms with Crippen molar-refractivity contribution >= 4 is 12.1 Å². The molecule has 2 atom stereocenters. The van der Waals surface area contributed by atoms with Crippen molar-refractivity contribution in [2.45, 2.75) is 41.0 Å². The van der Waals surface area contributed by atoms with E-state index in [0.29, 0.717) is 0 Å². The largest absolute Gasteiger partial charge is 0.303 e. The van der Waals surface area contributed by atoms with E-state index in [-0.39, 0.29) is 17.1 Å². The fourth-order valence-corrected chi connectivity index (χ4v) is 1.72. The van der Waals surface area contributed by atoms with Crippen LogP contribution in [0.15, 0.2) is 0 Å². The normalized spacial score (nSPS) is 16.4. The van der Waals surface area contributed by atoms with E-state index in [1.165, 1.54) is 6.92 Å². The molecule has 0 aliphatic rings. The number of hydrogen-bond donors (Lipinski definition) is 0. The molecule has 0 rings (SSSR count). The lowest BCUT2D eigenvalue weighted by atomic mass is 9.79. The Bertz CT molecular complexity index is 189. The first kappa shape index (κ1) is 12.3. The van der Waals surface area contributed by atoms with Crippen LogP contribution in [0.2, 0.25) is 0 Å². The summed E-state index contributed by atoms with van der Waals surface area (Å²) in [6.45, 7) is 9.80.